The number of carbonyl (C=O) groups is 1. The van der Waals surface area contributed by atoms with Gasteiger partial charge in [-0.05, 0) is 47.9 Å². The molecular weight excluding hydrogens is 362 g/mol. The first-order valence-electron chi connectivity index (χ1n) is 8.81. The fourth-order valence-corrected chi connectivity index (χ4v) is 2.73. The zero-order valence-electron chi connectivity index (χ0n) is 15.4. The Labute approximate surface area is 163 Å². The smallest absolute Gasteiger partial charge is 0.255 e. The molecule has 0 fully saturated rings. The van der Waals surface area contributed by atoms with Gasteiger partial charge in [-0.3, -0.25) is 9.48 Å². The Morgan fingerprint density at radius 3 is 2.63 bits per heavy atom. The third-order valence-electron chi connectivity index (χ3n) is 3.88. The van der Waals surface area contributed by atoms with Crippen LogP contribution in [0.2, 0.25) is 5.02 Å². The summed E-state index contributed by atoms with van der Waals surface area (Å²) in [5, 5.41) is 7.51. The highest BCUT2D eigenvalue weighted by Gasteiger charge is 2.09. The van der Waals surface area contributed by atoms with E-state index in [0.29, 0.717) is 41.1 Å². The molecule has 0 atom stereocenters. The number of hydrogen-bond donors (Lipinski definition) is 1. The first-order valence-corrected chi connectivity index (χ1v) is 9.19. The monoisotopic (exact) mass is 383 g/mol. The third kappa shape index (κ3) is 5.34. The lowest BCUT2D eigenvalue weighted by Gasteiger charge is -2.12. The number of anilines is 1. The van der Waals surface area contributed by atoms with Crippen LogP contribution in [0, 0.1) is 5.92 Å². The summed E-state index contributed by atoms with van der Waals surface area (Å²) in [7, 11) is 0. The number of aromatic nitrogens is 2. The van der Waals surface area contributed by atoms with Gasteiger partial charge in [0.2, 0.25) is 0 Å². The predicted octanol–water partition coefficient (Wildman–Crippen LogP) is 4.87. The van der Waals surface area contributed by atoms with Crippen molar-refractivity contribution in [2.45, 2.75) is 20.4 Å². The maximum Gasteiger partial charge on any atom is 0.255 e. The van der Waals surface area contributed by atoms with E-state index in [2.05, 4.69) is 24.3 Å². The third-order valence-corrected chi connectivity index (χ3v) is 4.18. The van der Waals surface area contributed by atoms with Crippen LogP contribution in [-0.2, 0) is 6.54 Å². The van der Waals surface area contributed by atoms with E-state index in [4.69, 9.17) is 16.3 Å². The van der Waals surface area contributed by atoms with Crippen LogP contribution in [0.5, 0.6) is 5.75 Å². The lowest BCUT2D eigenvalue weighted by Crippen LogP contribution is -2.12. The van der Waals surface area contributed by atoms with Crippen LogP contribution < -0.4 is 10.1 Å². The van der Waals surface area contributed by atoms with Crippen LogP contribution in [0.15, 0.2) is 60.9 Å². The number of nitrogens with zero attached hydrogens (tertiary/aromatic N) is 2. The number of ether oxygens (including phenoxy) is 1. The lowest BCUT2D eigenvalue weighted by molar-refractivity contribution is 0.102. The summed E-state index contributed by atoms with van der Waals surface area (Å²) < 4.78 is 7.48. The van der Waals surface area contributed by atoms with E-state index in [9.17, 15) is 4.79 Å². The molecule has 3 rings (SSSR count). The molecule has 0 unspecified atom stereocenters. The van der Waals surface area contributed by atoms with Crippen molar-refractivity contribution in [1.82, 2.24) is 9.78 Å². The number of hydrogen-bond acceptors (Lipinski definition) is 3. The number of halogens is 1. The van der Waals surface area contributed by atoms with Crippen LogP contribution >= 0.6 is 11.6 Å². The number of rotatable bonds is 7. The van der Waals surface area contributed by atoms with Crippen molar-refractivity contribution in [2.24, 2.45) is 5.92 Å². The molecule has 27 heavy (non-hydrogen) atoms. The summed E-state index contributed by atoms with van der Waals surface area (Å²) in [6.07, 6.45) is 3.64. The van der Waals surface area contributed by atoms with Gasteiger partial charge in [0.1, 0.15) is 5.75 Å². The normalized spacial score (nSPS) is 10.8. The van der Waals surface area contributed by atoms with E-state index in [0.717, 1.165) is 5.56 Å². The highest BCUT2D eigenvalue weighted by atomic mass is 35.5. The van der Waals surface area contributed by atoms with Crippen molar-refractivity contribution in [1.29, 1.82) is 0 Å². The van der Waals surface area contributed by atoms with Crippen molar-refractivity contribution in [2.75, 3.05) is 11.9 Å². The summed E-state index contributed by atoms with van der Waals surface area (Å²) in [5.74, 6) is 0.843. The number of benzene rings is 2. The van der Waals surface area contributed by atoms with Crippen molar-refractivity contribution in [3.63, 3.8) is 0 Å². The van der Waals surface area contributed by atoms with Crippen LogP contribution in [0.3, 0.4) is 0 Å². The quantitative estimate of drug-likeness (QED) is 0.633. The first kappa shape index (κ1) is 19.0. The van der Waals surface area contributed by atoms with Gasteiger partial charge < -0.3 is 10.1 Å². The summed E-state index contributed by atoms with van der Waals surface area (Å²) >= 11 is 6.25. The van der Waals surface area contributed by atoms with E-state index in [1.807, 2.05) is 29.1 Å². The number of carbonyl (C=O) groups excluding carboxylic acids is 1. The van der Waals surface area contributed by atoms with Crippen molar-refractivity contribution in [3.8, 4) is 5.75 Å². The van der Waals surface area contributed by atoms with Gasteiger partial charge in [0.05, 0.1) is 18.2 Å². The largest absolute Gasteiger partial charge is 0.492 e. The van der Waals surface area contributed by atoms with Crippen molar-refractivity contribution >= 4 is 23.2 Å². The van der Waals surface area contributed by atoms with Gasteiger partial charge in [0, 0.05) is 23.6 Å². The second-order valence-corrected chi connectivity index (χ2v) is 7.11. The van der Waals surface area contributed by atoms with E-state index >= 15 is 0 Å². The van der Waals surface area contributed by atoms with Gasteiger partial charge in [-0.25, -0.2) is 0 Å². The molecule has 6 heteroatoms. The minimum atomic E-state index is -0.187. The molecule has 1 heterocycles. The fourth-order valence-electron chi connectivity index (χ4n) is 2.50. The summed E-state index contributed by atoms with van der Waals surface area (Å²) in [6, 6.07) is 14.6. The van der Waals surface area contributed by atoms with Crippen molar-refractivity contribution in [3.05, 3.63) is 77.1 Å². The minimum absolute atomic E-state index is 0.187. The van der Waals surface area contributed by atoms with E-state index in [1.54, 1.807) is 36.5 Å². The second kappa shape index (κ2) is 8.73. The van der Waals surface area contributed by atoms with Gasteiger partial charge in [0.25, 0.3) is 5.91 Å². The van der Waals surface area contributed by atoms with E-state index < -0.39 is 0 Å². The maximum atomic E-state index is 12.5. The molecule has 0 aliphatic carbocycles. The van der Waals surface area contributed by atoms with E-state index in [-0.39, 0.29) is 5.91 Å². The van der Waals surface area contributed by atoms with Gasteiger partial charge in [0.15, 0.2) is 0 Å². The summed E-state index contributed by atoms with van der Waals surface area (Å²) in [5.41, 5.74) is 2.28. The molecule has 0 bridgehead atoms. The zero-order valence-corrected chi connectivity index (χ0v) is 16.1. The molecule has 1 amide bonds. The average Bonchev–Trinajstić information content (AvgIpc) is 3.14. The Hall–Kier alpha value is -2.79. The molecule has 5 nitrogen and oxygen atoms in total. The average molecular weight is 384 g/mol. The SMILES string of the molecule is CC(C)COc1ccc(NC(=O)c2ccc(Cn3cccn3)cc2)cc1Cl. The molecule has 0 aliphatic heterocycles. The topological polar surface area (TPSA) is 56.1 Å². The molecule has 140 valence electrons. The molecular formula is C21H22ClN3O2. The predicted molar refractivity (Wildman–Crippen MR) is 108 cm³/mol. The van der Waals surface area contributed by atoms with Crippen LogP contribution in [0.1, 0.15) is 29.8 Å². The first-order chi connectivity index (χ1) is 13.0. The molecule has 3 aromatic rings. The molecule has 1 N–H and O–H groups in total. The van der Waals surface area contributed by atoms with Gasteiger partial charge in [-0.15, -0.1) is 0 Å². The Morgan fingerprint density at radius 1 is 1.22 bits per heavy atom. The van der Waals surface area contributed by atoms with Crippen LogP contribution in [0.25, 0.3) is 0 Å². The zero-order chi connectivity index (χ0) is 19.2. The van der Waals surface area contributed by atoms with Crippen molar-refractivity contribution < 1.29 is 9.53 Å². The molecule has 0 spiro atoms. The maximum absolute atomic E-state index is 12.5. The van der Waals surface area contributed by atoms with Gasteiger partial charge in [-0.1, -0.05) is 37.6 Å². The molecule has 0 aliphatic rings. The highest BCUT2D eigenvalue weighted by molar-refractivity contribution is 6.32. The lowest BCUT2D eigenvalue weighted by atomic mass is 10.1. The van der Waals surface area contributed by atoms with Gasteiger partial charge >= 0.3 is 0 Å². The molecule has 1 aromatic heterocycles. The van der Waals surface area contributed by atoms with Gasteiger partial charge in [-0.2, -0.15) is 5.10 Å². The van der Waals surface area contributed by atoms with Crippen LogP contribution in [-0.4, -0.2) is 22.3 Å². The number of amides is 1. The standard InChI is InChI=1S/C21H22ClN3O2/c1-15(2)14-27-20-9-8-18(12-19(20)22)24-21(26)17-6-4-16(5-7-17)13-25-11-3-10-23-25/h3-12,15H,13-14H2,1-2H3,(H,24,26). The minimum Gasteiger partial charge on any atom is -0.492 e. The molecule has 0 saturated heterocycles. The molecule has 0 radical (unpaired) electrons. The molecule has 2 aromatic carbocycles. The summed E-state index contributed by atoms with van der Waals surface area (Å²) in [6.45, 7) is 5.41. The fraction of sp³-hybridized carbons (Fsp3) is 0.238. The Bertz CT molecular complexity index is 890. The second-order valence-electron chi connectivity index (χ2n) is 6.70. The highest BCUT2D eigenvalue weighted by Crippen LogP contribution is 2.28. The Morgan fingerprint density at radius 2 is 2.00 bits per heavy atom. The number of nitrogens with one attached hydrogen (secondary N) is 1. The molecule has 0 saturated carbocycles. The summed E-state index contributed by atoms with van der Waals surface area (Å²) in [4.78, 5) is 12.5. The Kier molecular flexibility index (Phi) is 6.14. The van der Waals surface area contributed by atoms with Crippen LogP contribution in [0.4, 0.5) is 5.69 Å². The van der Waals surface area contributed by atoms with E-state index in [1.165, 1.54) is 0 Å². The Balaban J connectivity index is 1.62.